The molecule has 0 radical (unpaired) electrons. The van der Waals surface area contributed by atoms with Crippen LogP contribution in [-0.4, -0.2) is 30.3 Å². The molecule has 2 aromatic rings. The summed E-state index contributed by atoms with van der Waals surface area (Å²) in [6.45, 7) is 3.76. The van der Waals surface area contributed by atoms with Gasteiger partial charge in [-0.1, -0.05) is 30.3 Å². The van der Waals surface area contributed by atoms with E-state index in [-0.39, 0.29) is 24.2 Å². The second kappa shape index (κ2) is 8.24. The summed E-state index contributed by atoms with van der Waals surface area (Å²) in [6.07, 6.45) is 2.84. The first-order chi connectivity index (χ1) is 11.9. The molecule has 0 fully saturated rings. The Morgan fingerprint density at radius 3 is 2.40 bits per heavy atom. The molecule has 2 amide bonds. The van der Waals surface area contributed by atoms with Gasteiger partial charge in [-0.05, 0) is 48.7 Å². The predicted octanol–water partition coefficient (Wildman–Crippen LogP) is 3.55. The van der Waals surface area contributed by atoms with Crippen molar-refractivity contribution in [1.29, 1.82) is 0 Å². The number of nitrogens with zero attached hydrogens (tertiary/aromatic N) is 1. The van der Waals surface area contributed by atoms with Crippen LogP contribution in [0.5, 0.6) is 0 Å². The number of halogens is 1. The molecule has 0 saturated carbocycles. The highest BCUT2D eigenvalue weighted by Gasteiger charge is 2.12. The lowest BCUT2D eigenvalue weighted by Crippen LogP contribution is -2.34. The number of likely N-dealkylation sites (N-methyl/N-ethyl adjacent to an activating group) is 1. The zero-order chi connectivity index (χ0) is 18.4. The van der Waals surface area contributed by atoms with E-state index >= 15 is 0 Å². The average molecular weight is 340 g/mol. The van der Waals surface area contributed by atoms with Gasteiger partial charge in [0.2, 0.25) is 11.8 Å². The van der Waals surface area contributed by atoms with Gasteiger partial charge in [-0.3, -0.25) is 9.59 Å². The topological polar surface area (TPSA) is 49.4 Å². The van der Waals surface area contributed by atoms with Crippen LogP contribution in [0.2, 0.25) is 0 Å². The van der Waals surface area contributed by atoms with Gasteiger partial charge in [0, 0.05) is 18.8 Å². The van der Waals surface area contributed by atoms with Crippen LogP contribution in [0, 0.1) is 19.7 Å². The Bertz CT molecular complexity index is 795. The van der Waals surface area contributed by atoms with Crippen molar-refractivity contribution in [2.45, 2.75) is 13.8 Å². The SMILES string of the molecule is Cc1cccc(C)c1NC(=O)CN(C)C(=O)/C=C/c1cccc(F)c1. The molecule has 5 heteroatoms. The third-order valence-electron chi connectivity index (χ3n) is 3.77. The molecule has 0 spiro atoms. The number of hydrogen-bond acceptors (Lipinski definition) is 2. The molecule has 0 unspecified atom stereocenters. The average Bonchev–Trinajstić information content (AvgIpc) is 2.56. The number of rotatable bonds is 5. The fourth-order valence-electron chi connectivity index (χ4n) is 2.39. The normalized spacial score (nSPS) is 10.7. The standard InChI is InChI=1S/C20H21FN2O2/c1-14-6-4-7-15(2)20(14)22-18(24)13-23(3)19(25)11-10-16-8-5-9-17(21)12-16/h4-12H,13H2,1-3H3,(H,22,24)/b11-10+. The van der Waals surface area contributed by atoms with Crippen LogP contribution in [0.25, 0.3) is 6.08 Å². The van der Waals surface area contributed by atoms with Gasteiger partial charge in [-0.15, -0.1) is 0 Å². The van der Waals surface area contributed by atoms with Crippen LogP contribution in [0.3, 0.4) is 0 Å². The molecule has 0 atom stereocenters. The summed E-state index contributed by atoms with van der Waals surface area (Å²) in [5, 5.41) is 2.84. The molecular weight excluding hydrogens is 319 g/mol. The van der Waals surface area contributed by atoms with Gasteiger partial charge in [0.05, 0.1) is 6.54 Å². The van der Waals surface area contributed by atoms with Crippen LogP contribution in [0.15, 0.2) is 48.5 Å². The van der Waals surface area contributed by atoms with Gasteiger partial charge >= 0.3 is 0 Å². The van der Waals surface area contributed by atoms with Crippen molar-refractivity contribution >= 4 is 23.6 Å². The first-order valence-electron chi connectivity index (χ1n) is 7.91. The van der Waals surface area contributed by atoms with E-state index in [2.05, 4.69) is 5.32 Å². The number of para-hydroxylation sites is 1. The van der Waals surface area contributed by atoms with Gasteiger partial charge in [0.25, 0.3) is 0 Å². The van der Waals surface area contributed by atoms with Gasteiger partial charge in [-0.2, -0.15) is 0 Å². The molecule has 0 heterocycles. The highest BCUT2D eigenvalue weighted by Crippen LogP contribution is 2.19. The van der Waals surface area contributed by atoms with Crippen molar-refractivity contribution in [3.8, 4) is 0 Å². The lowest BCUT2D eigenvalue weighted by atomic mass is 10.1. The number of carbonyl (C=O) groups excluding carboxylic acids is 2. The maximum atomic E-state index is 13.1. The molecule has 0 saturated heterocycles. The highest BCUT2D eigenvalue weighted by molar-refractivity contribution is 5.98. The second-order valence-electron chi connectivity index (χ2n) is 5.90. The van der Waals surface area contributed by atoms with Gasteiger partial charge in [0.1, 0.15) is 5.82 Å². The van der Waals surface area contributed by atoms with E-state index in [1.807, 2.05) is 32.0 Å². The van der Waals surface area contributed by atoms with Gasteiger partial charge in [0.15, 0.2) is 0 Å². The summed E-state index contributed by atoms with van der Waals surface area (Å²) >= 11 is 0. The minimum Gasteiger partial charge on any atom is -0.333 e. The lowest BCUT2D eigenvalue weighted by molar-refractivity contribution is -0.129. The Morgan fingerprint density at radius 2 is 1.76 bits per heavy atom. The molecule has 0 aliphatic heterocycles. The van der Waals surface area contributed by atoms with Crippen LogP contribution < -0.4 is 5.32 Å². The molecule has 130 valence electrons. The van der Waals surface area contributed by atoms with Crippen LogP contribution in [0.4, 0.5) is 10.1 Å². The summed E-state index contributed by atoms with van der Waals surface area (Å²) in [5.74, 6) is -0.968. The van der Waals surface area contributed by atoms with Crippen molar-refractivity contribution in [3.05, 3.63) is 71.0 Å². The van der Waals surface area contributed by atoms with E-state index in [1.54, 1.807) is 19.2 Å². The summed E-state index contributed by atoms with van der Waals surface area (Å²) in [4.78, 5) is 25.6. The van der Waals surface area contributed by atoms with E-state index < -0.39 is 0 Å². The zero-order valence-corrected chi connectivity index (χ0v) is 14.5. The Morgan fingerprint density at radius 1 is 1.12 bits per heavy atom. The number of benzene rings is 2. The van der Waals surface area contributed by atoms with Gasteiger partial charge < -0.3 is 10.2 Å². The Labute approximate surface area is 147 Å². The van der Waals surface area contributed by atoms with Gasteiger partial charge in [-0.25, -0.2) is 4.39 Å². The molecule has 1 N–H and O–H groups in total. The molecule has 0 aromatic heterocycles. The molecule has 2 aromatic carbocycles. The fourth-order valence-corrected chi connectivity index (χ4v) is 2.39. The van der Waals surface area contributed by atoms with Crippen LogP contribution in [0.1, 0.15) is 16.7 Å². The molecule has 0 aliphatic rings. The second-order valence-corrected chi connectivity index (χ2v) is 5.90. The lowest BCUT2D eigenvalue weighted by Gasteiger charge is -2.16. The van der Waals surface area contributed by atoms with E-state index in [4.69, 9.17) is 0 Å². The largest absolute Gasteiger partial charge is 0.333 e. The van der Waals surface area contributed by atoms with Crippen molar-refractivity contribution in [2.75, 3.05) is 18.9 Å². The molecule has 0 aliphatic carbocycles. The first-order valence-corrected chi connectivity index (χ1v) is 7.91. The molecule has 2 rings (SSSR count). The Hall–Kier alpha value is -2.95. The first kappa shape index (κ1) is 18.4. The van der Waals surface area contributed by atoms with Crippen molar-refractivity contribution in [1.82, 2.24) is 4.90 Å². The number of hydrogen-bond donors (Lipinski definition) is 1. The monoisotopic (exact) mass is 340 g/mol. The zero-order valence-electron chi connectivity index (χ0n) is 14.5. The minimum absolute atomic E-state index is 0.0693. The summed E-state index contributed by atoms with van der Waals surface area (Å²) in [7, 11) is 1.54. The Balaban J connectivity index is 1.95. The molecule has 0 bridgehead atoms. The quantitative estimate of drug-likeness (QED) is 0.846. The van der Waals surface area contributed by atoms with E-state index in [0.29, 0.717) is 5.56 Å². The summed E-state index contributed by atoms with van der Waals surface area (Å²) in [5.41, 5.74) is 3.28. The number of anilines is 1. The Kier molecular flexibility index (Phi) is 6.06. The molecular formula is C20H21FN2O2. The van der Waals surface area contributed by atoms with E-state index in [0.717, 1.165) is 16.8 Å². The number of aryl methyl sites for hydroxylation is 2. The molecule has 4 nitrogen and oxygen atoms in total. The number of carbonyl (C=O) groups is 2. The minimum atomic E-state index is -0.365. The van der Waals surface area contributed by atoms with Crippen LogP contribution >= 0.6 is 0 Å². The van der Waals surface area contributed by atoms with E-state index in [9.17, 15) is 14.0 Å². The van der Waals surface area contributed by atoms with Crippen molar-refractivity contribution < 1.29 is 14.0 Å². The maximum absolute atomic E-state index is 13.1. The van der Waals surface area contributed by atoms with Crippen LogP contribution in [-0.2, 0) is 9.59 Å². The van der Waals surface area contributed by atoms with E-state index in [1.165, 1.54) is 29.2 Å². The third kappa shape index (κ3) is 5.28. The number of nitrogens with one attached hydrogen (secondary N) is 1. The third-order valence-corrected chi connectivity index (χ3v) is 3.77. The van der Waals surface area contributed by atoms with Crippen molar-refractivity contribution in [3.63, 3.8) is 0 Å². The smallest absolute Gasteiger partial charge is 0.246 e. The maximum Gasteiger partial charge on any atom is 0.246 e. The fraction of sp³-hybridized carbons (Fsp3) is 0.200. The number of amides is 2. The summed E-state index contributed by atoms with van der Waals surface area (Å²) < 4.78 is 13.1. The highest BCUT2D eigenvalue weighted by atomic mass is 19.1. The predicted molar refractivity (Wildman–Crippen MR) is 97.6 cm³/mol. The summed E-state index contributed by atoms with van der Waals surface area (Å²) in [6, 6.07) is 11.7. The van der Waals surface area contributed by atoms with Crippen molar-refractivity contribution in [2.24, 2.45) is 0 Å². The molecule has 25 heavy (non-hydrogen) atoms.